The number of anilines is 1. The SMILES string of the molecule is O=C(O)c1ccc(NC2CCN3CCCCC23)cn1. The van der Waals surface area contributed by atoms with Gasteiger partial charge in [0.25, 0.3) is 0 Å². The molecule has 1 aromatic heterocycles. The normalized spacial score (nSPS) is 26.9. The maximum Gasteiger partial charge on any atom is 0.354 e. The first-order valence-electron chi connectivity index (χ1n) is 6.94. The summed E-state index contributed by atoms with van der Waals surface area (Å²) in [7, 11) is 0. The summed E-state index contributed by atoms with van der Waals surface area (Å²) in [6, 6.07) is 4.46. The van der Waals surface area contributed by atoms with Crippen LogP contribution in [-0.4, -0.2) is 46.1 Å². The van der Waals surface area contributed by atoms with E-state index in [-0.39, 0.29) is 5.69 Å². The quantitative estimate of drug-likeness (QED) is 0.869. The Kier molecular flexibility index (Phi) is 3.38. The Hall–Kier alpha value is -1.62. The monoisotopic (exact) mass is 261 g/mol. The van der Waals surface area contributed by atoms with Crippen molar-refractivity contribution in [3.63, 3.8) is 0 Å². The fourth-order valence-electron chi connectivity index (χ4n) is 3.24. The lowest BCUT2D eigenvalue weighted by molar-refractivity contribution is 0.0690. The Morgan fingerprint density at radius 3 is 2.95 bits per heavy atom. The van der Waals surface area contributed by atoms with Crippen molar-refractivity contribution in [2.24, 2.45) is 0 Å². The summed E-state index contributed by atoms with van der Waals surface area (Å²) in [5, 5.41) is 12.3. The molecule has 2 aliphatic rings. The second-order valence-corrected chi connectivity index (χ2v) is 5.38. The van der Waals surface area contributed by atoms with Gasteiger partial charge in [0.1, 0.15) is 5.69 Å². The molecule has 2 N–H and O–H groups in total. The Bertz CT molecular complexity index is 460. The lowest BCUT2D eigenvalue weighted by Crippen LogP contribution is -2.41. The first-order valence-corrected chi connectivity index (χ1v) is 6.94. The highest BCUT2D eigenvalue weighted by Crippen LogP contribution is 2.29. The topological polar surface area (TPSA) is 65.5 Å². The van der Waals surface area contributed by atoms with E-state index >= 15 is 0 Å². The van der Waals surface area contributed by atoms with Crippen molar-refractivity contribution >= 4 is 11.7 Å². The first kappa shape index (κ1) is 12.4. The molecular formula is C14H19N3O2. The molecule has 0 bridgehead atoms. The summed E-state index contributed by atoms with van der Waals surface area (Å²) in [6.07, 6.45) is 6.67. The van der Waals surface area contributed by atoms with Gasteiger partial charge in [-0.25, -0.2) is 9.78 Å². The molecule has 2 saturated heterocycles. The number of carboxylic acid groups (broad SMARTS) is 1. The number of hydrogen-bond acceptors (Lipinski definition) is 4. The van der Waals surface area contributed by atoms with Gasteiger partial charge in [0.2, 0.25) is 0 Å². The van der Waals surface area contributed by atoms with Crippen LogP contribution in [0.2, 0.25) is 0 Å². The molecule has 5 nitrogen and oxygen atoms in total. The largest absolute Gasteiger partial charge is 0.477 e. The summed E-state index contributed by atoms with van der Waals surface area (Å²) in [5.74, 6) is -0.981. The molecule has 1 aromatic rings. The zero-order valence-corrected chi connectivity index (χ0v) is 10.9. The molecule has 2 unspecified atom stereocenters. The molecule has 0 spiro atoms. The van der Waals surface area contributed by atoms with Gasteiger partial charge in [0, 0.05) is 18.6 Å². The van der Waals surface area contributed by atoms with Gasteiger partial charge in [-0.3, -0.25) is 4.90 Å². The molecule has 2 aliphatic heterocycles. The molecule has 0 saturated carbocycles. The number of hydrogen-bond donors (Lipinski definition) is 2. The maximum absolute atomic E-state index is 10.8. The zero-order valence-electron chi connectivity index (χ0n) is 10.9. The second-order valence-electron chi connectivity index (χ2n) is 5.38. The van der Waals surface area contributed by atoms with Crippen LogP contribution in [0.4, 0.5) is 5.69 Å². The van der Waals surface area contributed by atoms with Crippen molar-refractivity contribution in [3.8, 4) is 0 Å². The lowest BCUT2D eigenvalue weighted by atomic mass is 9.99. The van der Waals surface area contributed by atoms with Crippen LogP contribution in [0.1, 0.15) is 36.2 Å². The van der Waals surface area contributed by atoms with Crippen LogP contribution < -0.4 is 5.32 Å². The highest BCUT2D eigenvalue weighted by molar-refractivity contribution is 5.85. The average Bonchev–Trinajstić information content (AvgIpc) is 2.83. The van der Waals surface area contributed by atoms with Gasteiger partial charge < -0.3 is 10.4 Å². The molecule has 5 heteroatoms. The van der Waals surface area contributed by atoms with Crippen molar-refractivity contribution in [3.05, 3.63) is 24.0 Å². The maximum atomic E-state index is 10.8. The number of fused-ring (bicyclic) bond motifs is 1. The van der Waals surface area contributed by atoms with E-state index in [9.17, 15) is 4.79 Å². The van der Waals surface area contributed by atoms with Crippen LogP contribution in [0.25, 0.3) is 0 Å². The zero-order chi connectivity index (χ0) is 13.2. The minimum Gasteiger partial charge on any atom is -0.477 e. The Morgan fingerprint density at radius 1 is 1.32 bits per heavy atom. The Balaban J connectivity index is 1.66. The van der Waals surface area contributed by atoms with E-state index < -0.39 is 5.97 Å². The number of piperidine rings is 1. The van der Waals surface area contributed by atoms with Crippen molar-refractivity contribution in [1.82, 2.24) is 9.88 Å². The number of pyridine rings is 1. The van der Waals surface area contributed by atoms with Gasteiger partial charge in [-0.05, 0) is 37.9 Å². The van der Waals surface area contributed by atoms with Crippen LogP contribution >= 0.6 is 0 Å². The average molecular weight is 261 g/mol. The number of rotatable bonds is 3. The molecule has 0 aromatic carbocycles. The van der Waals surface area contributed by atoms with Crippen LogP contribution in [0.3, 0.4) is 0 Å². The Labute approximate surface area is 112 Å². The van der Waals surface area contributed by atoms with Gasteiger partial charge >= 0.3 is 5.97 Å². The molecule has 19 heavy (non-hydrogen) atoms. The van der Waals surface area contributed by atoms with Crippen LogP contribution in [-0.2, 0) is 0 Å². The standard InChI is InChI=1S/C14H19N3O2/c18-14(19)12-5-4-10(9-15-12)16-11-6-8-17-7-2-1-3-13(11)17/h4-5,9,11,13,16H,1-3,6-8H2,(H,18,19). The van der Waals surface area contributed by atoms with Gasteiger partial charge in [0.15, 0.2) is 0 Å². The molecule has 2 atom stereocenters. The molecule has 0 amide bonds. The van der Waals surface area contributed by atoms with Gasteiger partial charge in [0.05, 0.1) is 11.9 Å². The van der Waals surface area contributed by atoms with Crippen molar-refractivity contribution in [2.75, 3.05) is 18.4 Å². The van der Waals surface area contributed by atoms with Crippen molar-refractivity contribution in [2.45, 2.75) is 37.8 Å². The summed E-state index contributed by atoms with van der Waals surface area (Å²) >= 11 is 0. The molecular weight excluding hydrogens is 242 g/mol. The van der Waals surface area contributed by atoms with E-state index in [4.69, 9.17) is 5.11 Å². The molecule has 0 radical (unpaired) electrons. The van der Waals surface area contributed by atoms with Gasteiger partial charge in [-0.1, -0.05) is 6.42 Å². The molecule has 0 aliphatic carbocycles. The van der Waals surface area contributed by atoms with Crippen LogP contribution in [0, 0.1) is 0 Å². The van der Waals surface area contributed by atoms with Gasteiger partial charge in [-0.15, -0.1) is 0 Å². The van der Waals surface area contributed by atoms with E-state index in [1.54, 1.807) is 12.3 Å². The predicted molar refractivity (Wildman–Crippen MR) is 72.4 cm³/mol. The summed E-state index contributed by atoms with van der Waals surface area (Å²) < 4.78 is 0. The highest BCUT2D eigenvalue weighted by Gasteiger charge is 2.35. The highest BCUT2D eigenvalue weighted by atomic mass is 16.4. The lowest BCUT2D eigenvalue weighted by Gasteiger charge is -2.32. The fraction of sp³-hybridized carbons (Fsp3) is 0.571. The summed E-state index contributed by atoms with van der Waals surface area (Å²) in [6.45, 7) is 2.39. The van der Waals surface area contributed by atoms with E-state index in [0.717, 1.165) is 12.1 Å². The number of aromatic nitrogens is 1. The number of carboxylic acids is 1. The minimum atomic E-state index is -0.981. The number of nitrogens with zero attached hydrogens (tertiary/aromatic N) is 2. The van der Waals surface area contributed by atoms with E-state index in [2.05, 4.69) is 15.2 Å². The van der Waals surface area contributed by atoms with E-state index in [1.165, 1.54) is 32.4 Å². The van der Waals surface area contributed by atoms with E-state index in [0.29, 0.717) is 12.1 Å². The third-order valence-electron chi connectivity index (χ3n) is 4.19. The first-order chi connectivity index (χ1) is 9.24. The third-order valence-corrected chi connectivity index (χ3v) is 4.19. The Morgan fingerprint density at radius 2 is 2.21 bits per heavy atom. The number of carbonyl (C=O) groups is 1. The molecule has 102 valence electrons. The van der Waals surface area contributed by atoms with Gasteiger partial charge in [-0.2, -0.15) is 0 Å². The smallest absolute Gasteiger partial charge is 0.354 e. The predicted octanol–water partition coefficient (Wildman–Crippen LogP) is 1.82. The van der Waals surface area contributed by atoms with Crippen molar-refractivity contribution in [1.29, 1.82) is 0 Å². The van der Waals surface area contributed by atoms with Crippen molar-refractivity contribution < 1.29 is 9.90 Å². The number of nitrogens with one attached hydrogen (secondary N) is 1. The number of aromatic carboxylic acids is 1. The molecule has 3 rings (SSSR count). The fourth-order valence-corrected chi connectivity index (χ4v) is 3.24. The third kappa shape index (κ3) is 2.56. The molecule has 2 fully saturated rings. The summed E-state index contributed by atoms with van der Waals surface area (Å²) in [5.41, 5.74) is 1.01. The minimum absolute atomic E-state index is 0.0938. The van der Waals surface area contributed by atoms with Crippen LogP contribution in [0.5, 0.6) is 0 Å². The van der Waals surface area contributed by atoms with E-state index in [1.807, 2.05) is 6.07 Å². The van der Waals surface area contributed by atoms with Crippen LogP contribution in [0.15, 0.2) is 18.3 Å². The second kappa shape index (κ2) is 5.17. The summed E-state index contributed by atoms with van der Waals surface area (Å²) in [4.78, 5) is 17.3. The molecule has 3 heterocycles.